The Bertz CT molecular complexity index is 410. The standard InChI is InChI=1S/C7H6N2O2S/c1-4-2-5(10)8-7-9(4)6(11)3-12-7/h2H,3H2,1H3. The van der Waals surface area contributed by atoms with Crippen LogP contribution in [0.4, 0.5) is 0 Å². The maximum atomic E-state index is 11.2. The fourth-order valence-corrected chi connectivity index (χ4v) is 2.07. The maximum absolute atomic E-state index is 11.2. The molecular formula is C7H6N2O2S. The number of hydrogen-bond acceptors (Lipinski definition) is 4. The minimum atomic E-state index is -0.277. The zero-order chi connectivity index (χ0) is 8.72. The second-order valence-corrected chi connectivity index (χ2v) is 3.48. The summed E-state index contributed by atoms with van der Waals surface area (Å²) in [4.78, 5) is 25.8. The molecular weight excluding hydrogens is 176 g/mol. The number of carbonyl (C=O) groups excluding carboxylic acids is 1. The summed E-state index contributed by atoms with van der Waals surface area (Å²) >= 11 is 1.31. The topological polar surface area (TPSA) is 52.0 Å². The first-order chi connectivity index (χ1) is 5.68. The van der Waals surface area contributed by atoms with Crippen LogP contribution >= 0.6 is 11.8 Å². The Labute approximate surface area is 72.6 Å². The summed E-state index contributed by atoms with van der Waals surface area (Å²) in [5, 5.41) is 0.519. The molecule has 0 spiro atoms. The van der Waals surface area contributed by atoms with Gasteiger partial charge in [-0.05, 0) is 6.92 Å². The lowest BCUT2D eigenvalue weighted by atomic mass is 10.4. The summed E-state index contributed by atoms with van der Waals surface area (Å²) < 4.78 is 1.48. The Morgan fingerprint density at radius 3 is 3.08 bits per heavy atom. The molecule has 0 saturated carbocycles. The molecule has 62 valence electrons. The maximum Gasteiger partial charge on any atom is 0.273 e. The number of aromatic nitrogens is 2. The van der Waals surface area contributed by atoms with Crippen LogP contribution in [0.2, 0.25) is 0 Å². The van der Waals surface area contributed by atoms with Crippen LogP contribution in [-0.4, -0.2) is 21.2 Å². The van der Waals surface area contributed by atoms with Crippen molar-refractivity contribution in [1.82, 2.24) is 9.55 Å². The number of rotatable bonds is 0. The molecule has 1 aliphatic heterocycles. The number of fused-ring (bicyclic) bond motifs is 1. The van der Waals surface area contributed by atoms with Gasteiger partial charge in [-0.15, -0.1) is 0 Å². The number of nitrogens with zero attached hydrogens (tertiary/aromatic N) is 2. The molecule has 1 aliphatic rings. The van der Waals surface area contributed by atoms with E-state index in [2.05, 4.69) is 4.98 Å². The van der Waals surface area contributed by atoms with Gasteiger partial charge in [0.25, 0.3) is 5.56 Å². The average molecular weight is 182 g/mol. The molecule has 0 N–H and O–H groups in total. The second kappa shape index (κ2) is 2.45. The molecule has 0 aliphatic carbocycles. The van der Waals surface area contributed by atoms with Gasteiger partial charge in [-0.1, -0.05) is 11.8 Å². The quantitative estimate of drug-likeness (QED) is 0.541. The van der Waals surface area contributed by atoms with Crippen LogP contribution in [0.5, 0.6) is 0 Å². The average Bonchev–Trinajstić information content (AvgIpc) is 2.31. The second-order valence-electron chi connectivity index (χ2n) is 2.54. The van der Waals surface area contributed by atoms with Crippen molar-refractivity contribution in [3.05, 3.63) is 22.1 Å². The van der Waals surface area contributed by atoms with E-state index in [0.29, 0.717) is 16.6 Å². The monoisotopic (exact) mass is 182 g/mol. The normalized spacial score (nSPS) is 14.9. The first kappa shape index (κ1) is 7.54. The lowest BCUT2D eigenvalue weighted by Crippen LogP contribution is -2.17. The number of hydrogen-bond donors (Lipinski definition) is 0. The first-order valence-corrected chi connectivity index (χ1v) is 4.44. The minimum Gasteiger partial charge on any atom is -0.273 e. The predicted molar refractivity (Wildman–Crippen MR) is 44.6 cm³/mol. The van der Waals surface area contributed by atoms with Crippen molar-refractivity contribution in [3.63, 3.8) is 0 Å². The van der Waals surface area contributed by atoms with Crippen molar-refractivity contribution in [3.8, 4) is 0 Å². The summed E-state index contributed by atoms with van der Waals surface area (Å²) in [6.45, 7) is 1.73. The molecule has 0 atom stereocenters. The molecule has 4 nitrogen and oxygen atoms in total. The van der Waals surface area contributed by atoms with Crippen LogP contribution in [0.25, 0.3) is 0 Å². The van der Waals surface area contributed by atoms with Gasteiger partial charge in [0, 0.05) is 11.8 Å². The molecule has 0 aromatic carbocycles. The van der Waals surface area contributed by atoms with Gasteiger partial charge in [-0.25, -0.2) is 0 Å². The van der Waals surface area contributed by atoms with Crippen molar-refractivity contribution < 1.29 is 4.79 Å². The van der Waals surface area contributed by atoms with Crippen LogP contribution in [0.3, 0.4) is 0 Å². The molecule has 1 aromatic rings. The molecule has 0 unspecified atom stereocenters. The van der Waals surface area contributed by atoms with Crippen molar-refractivity contribution >= 4 is 17.7 Å². The number of thioether (sulfide) groups is 1. The van der Waals surface area contributed by atoms with E-state index >= 15 is 0 Å². The molecule has 5 heteroatoms. The third-order valence-electron chi connectivity index (χ3n) is 1.66. The Balaban J connectivity index is 2.76. The van der Waals surface area contributed by atoms with Crippen LogP contribution in [0.1, 0.15) is 10.5 Å². The lowest BCUT2D eigenvalue weighted by Gasteiger charge is -2.02. The van der Waals surface area contributed by atoms with Crippen LogP contribution in [0, 0.1) is 6.92 Å². The molecule has 12 heavy (non-hydrogen) atoms. The van der Waals surface area contributed by atoms with Gasteiger partial charge in [0.2, 0.25) is 5.91 Å². The third-order valence-corrected chi connectivity index (χ3v) is 2.58. The minimum absolute atomic E-state index is 0.000000000000000222. The van der Waals surface area contributed by atoms with Crippen molar-refractivity contribution in [2.75, 3.05) is 5.75 Å². The molecule has 2 rings (SSSR count). The Morgan fingerprint density at radius 1 is 1.58 bits per heavy atom. The summed E-state index contributed by atoms with van der Waals surface area (Å²) in [7, 11) is 0. The van der Waals surface area contributed by atoms with Crippen LogP contribution < -0.4 is 5.56 Å². The first-order valence-electron chi connectivity index (χ1n) is 3.45. The van der Waals surface area contributed by atoms with E-state index < -0.39 is 0 Å². The van der Waals surface area contributed by atoms with Gasteiger partial charge < -0.3 is 0 Å². The molecule has 0 fully saturated rings. The third kappa shape index (κ3) is 0.972. The van der Waals surface area contributed by atoms with Gasteiger partial charge in [0.05, 0.1) is 5.75 Å². The summed E-state index contributed by atoms with van der Waals surface area (Å²) in [5.41, 5.74) is 0.390. The smallest absolute Gasteiger partial charge is 0.273 e. The van der Waals surface area contributed by atoms with Gasteiger partial charge in [-0.2, -0.15) is 4.98 Å². The molecule has 0 bridgehead atoms. The Hall–Kier alpha value is -1.10. The fourth-order valence-electron chi connectivity index (χ4n) is 1.16. The number of aryl methyl sites for hydroxylation is 1. The summed E-state index contributed by atoms with van der Waals surface area (Å²) in [5.74, 6) is 0.386. The molecule has 0 radical (unpaired) electrons. The van der Waals surface area contributed by atoms with Gasteiger partial charge in [-0.3, -0.25) is 14.2 Å². The molecule has 0 saturated heterocycles. The highest BCUT2D eigenvalue weighted by atomic mass is 32.2. The van der Waals surface area contributed by atoms with E-state index in [-0.39, 0.29) is 11.5 Å². The number of carbonyl (C=O) groups is 1. The van der Waals surface area contributed by atoms with Crippen molar-refractivity contribution in [1.29, 1.82) is 0 Å². The highest BCUT2D eigenvalue weighted by molar-refractivity contribution is 8.00. The van der Waals surface area contributed by atoms with Gasteiger partial charge in [0.1, 0.15) is 0 Å². The fraction of sp³-hybridized carbons (Fsp3) is 0.286. The van der Waals surface area contributed by atoms with E-state index in [1.165, 1.54) is 22.4 Å². The lowest BCUT2D eigenvalue weighted by molar-refractivity contribution is 0.0934. The van der Waals surface area contributed by atoms with Crippen LogP contribution in [-0.2, 0) is 0 Å². The summed E-state index contributed by atoms with van der Waals surface area (Å²) in [6.07, 6.45) is 0. The van der Waals surface area contributed by atoms with E-state index in [9.17, 15) is 9.59 Å². The molecule has 2 heterocycles. The zero-order valence-corrected chi connectivity index (χ0v) is 7.22. The highest BCUT2D eigenvalue weighted by Gasteiger charge is 2.21. The molecule has 0 amide bonds. The Kier molecular flexibility index (Phi) is 1.54. The van der Waals surface area contributed by atoms with Crippen molar-refractivity contribution in [2.45, 2.75) is 12.1 Å². The largest absolute Gasteiger partial charge is 0.273 e. The summed E-state index contributed by atoms with van der Waals surface area (Å²) in [6, 6.07) is 1.37. The van der Waals surface area contributed by atoms with Gasteiger partial charge in [0.15, 0.2) is 5.16 Å². The van der Waals surface area contributed by atoms with Gasteiger partial charge >= 0.3 is 0 Å². The highest BCUT2D eigenvalue weighted by Crippen LogP contribution is 2.22. The van der Waals surface area contributed by atoms with E-state index in [0.717, 1.165) is 0 Å². The SMILES string of the molecule is Cc1cc(=O)nc2n1C(=O)CS2. The zero-order valence-electron chi connectivity index (χ0n) is 6.40. The predicted octanol–water partition coefficient (Wildman–Crippen LogP) is 0.298. The van der Waals surface area contributed by atoms with Crippen molar-refractivity contribution in [2.24, 2.45) is 0 Å². The Morgan fingerprint density at radius 2 is 2.33 bits per heavy atom. The van der Waals surface area contributed by atoms with E-state index in [1.807, 2.05) is 0 Å². The van der Waals surface area contributed by atoms with E-state index in [4.69, 9.17) is 0 Å². The van der Waals surface area contributed by atoms with E-state index in [1.54, 1.807) is 6.92 Å². The molecule has 1 aromatic heterocycles. The van der Waals surface area contributed by atoms with Crippen LogP contribution in [0.15, 0.2) is 16.0 Å².